The Kier molecular flexibility index (Phi) is 10.2. The van der Waals surface area contributed by atoms with Crippen LogP contribution < -0.4 is 20.1 Å². The topological polar surface area (TPSA) is 117 Å². The average molecular weight is 546 g/mol. The fraction of sp³-hybridized carbons (Fsp3) is 0.545. The molecule has 0 aliphatic heterocycles. The molecule has 1 aliphatic rings. The number of ether oxygens (including phenoxy) is 2. The van der Waals surface area contributed by atoms with Gasteiger partial charge >= 0.3 is 0 Å². The van der Waals surface area contributed by atoms with Crippen LogP contribution in [0.15, 0.2) is 23.8 Å². The maximum atomic E-state index is 12.5. The Morgan fingerprint density at radius 2 is 2.10 bits per heavy atom. The summed E-state index contributed by atoms with van der Waals surface area (Å²) in [5, 5.41) is 26.0. The average Bonchev–Trinajstić information content (AvgIpc) is 2.74. The summed E-state index contributed by atoms with van der Waals surface area (Å²) in [6.45, 7) is 4.93. The number of amides is 1. The van der Waals surface area contributed by atoms with Crippen LogP contribution in [-0.4, -0.2) is 67.5 Å². The largest absolute Gasteiger partial charge is 0.493 e. The molecule has 9 heteroatoms. The van der Waals surface area contributed by atoms with E-state index in [1.807, 2.05) is 22.6 Å². The van der Waals surface area contributed by atoms with Gasteiger partial charge in [-0.2, -0.15) is 0 Å². The maximum Gasteiger partial charge on any atom is 0.247 e. The van der Waals surface area contributed by atoms with E-state index >= 15 is 0 Å². The van der Waals surface area contributed by atoms with Gasteiger partial charge < -0.3 is 30.3 Å². The number of carbonyl (C=O) groups excluding carboxylic acids is 2. The molecule has 8 nitrogen and oxygen atoms in total. The summed E-state index contributed by atoms with van der Waals surface area (Å²) in [7, 11) is 1.48. The number of methoxy groups -OCH3 is 1. The van der Waals surface area contributed by atoms with Crippen LogP contribution >= 0.6 is 22.6 Å². The number of nitrogens with one attached hydrogen (secondary N) is 2. The number of carbonyl (C=O) groups is 2. The number of aliphatic hydroxyl groups excluding tert-OH is 2. The lowest BCUT2D eigenvalue weighted by molar-refractivity contribution is -0.118. The van der Waals surface area contributed by atoms with Crippen molar-refractivity contribution in [2.45, 2.75) is 44.9 Å². The standard InChI is InChI=1S/C22H31IN2O6/c1-13(2)4-5-24-17-10-15(22(29)25-6-7-26)11-18(20(17)28)31-21-16(23)8-14(12-27)9-19(21)30-3/h8-9,11-13,17-18,20,24,26,28H,4-7,10H2,1-3H3,(H,25,29). The van der Waals surface area contributed by atoms with E-state index in [0.717, 1.165) is 12.7 Å². The van der Waals surface area contributed by atoms with Crippen molar-refractivity contribution < 1.29 is 29.3 Å². The van der Waals surface area contributed by atoms with E-state index in [1.165, 1.54) is 7.11 Å². The quantitative estimate of drug-likeness (QED) is 0.247. The molecule has 172 valence electrons. The van der Waals surface area contributed by atoms with Gasteiger partial charge in [-0.05, 0) is 66.1 Å². The van der Waals surface area contributed by atoms with E-state index in [4.69, 9.17) is 14.6 Å². The van der Waals surface area contributed by atoms with Crippen LogP contribution in [0, 0.1) is 9.49 Å². The van der Waals surface area contributed by atoms with Gasteiger partial charge in [0.2, 0.25) is 5.91 Å². The van der Waals surface area contributed by atoms with Gasteiger partial charge in [-0.1, -0.05) is 13.8 Å². The van der Waals surface area contributed by atoms with E-state index in [2.05, 4.69) is 24.5 Å². The molecule has 4 N–H and O–H groups in total. The monoisotopic (exact) mass is 546 g/mol. The number of rotatable bonds is 11. The first-order valence-corrected chi connectivity index (χ1v) is 11.4. The van der Waals surface area contributed by atoms with Crippen LogP contribution in [0.1, 0.15) is 37.0 Å². The molecule has 0 bridgehead atoms. The highest BCUT2D eigenvalue weighted by molar-refractivity contribution is 14.1. The number of hydrogen-bond donors (Lipinski definition) is 4. The molecule has 1 aliphatic carbocycles. The summed E-state index contributed by atoms with van der Waals surface area (Å²) in [4.78, 5) is 23.7. The third-order valence-corrected chi connectivity index (χ3v) is 5.81. The minimum atomic E-state index is -0.896. The number of benzene rings is 1. The van der Waals surface area contributed by atoms with Gasteiger partial charge in [0.15, 0.2) is 11.5 Å². The van der Waals surface area contributed by atoms with Crippen LogP contribution in [0.4, 0.5) is 0 Å². The van der Waals surface area contributed by atoms with Crippen molar-refractivity contribution in [1.29, 1.82) is 0 Å². The van der Waals surface area contributed by atoms with Crippen LogP contribution in [0.25, 0.3) is 0 Å². The number of halogens is 1. The van der Waals surface area contributed by atoms with Crippen LogP contribution in [0.3, 0.4) is 0 Å². The lowest BCUT2D eigenvalue weighted by Crippen LogP contribution is -2.52. The first-order valence-electron chi connectivity index (χ1n) is 10.3. The second-order valence-electron chi connectivity index (χ2n) is 7.84. The lowest BCUT2D eigenvalue weighted by Gasteiger charge is -2.35. The zero-order chi connectivity index (χ0) is 23.0. The summed E-state index contributed by atoms with van der Waals surface area (Å²) in [5.74, 6) is 0.969. The summed E-state index contributed by atoms with van der Waals surface area (Å²) in [6, 6.07) is 2.86. The molecule has 0 radical (unpaired) electrons. The fourth-order valence-corrected chi connectivity index (χ4v) is 4.07. The van der Waals surface area contributed by atoms with E-state index < -0.39 is 12.2 Å². The van der Waals surface area contributed by atoms with Gasteiger partial charge in [-0.25, -0.2) is 0 Å². The van der Waals surface area contributed by atoms with Crippen molar-refractivity contribution in [2.24, 2.45) is 5.92 Å². The van der Waals surface area contributed by atoms with Crippen LogP contribution in [0.5, 0.6) is 11.5 Å². The Morgan fingerprint density at radius 1 is 1.35 bits per heavy atom. The van der Waals surface area contributed by atoms with Gasteiger partial charge in [0, 0.05) is 23.7 Å². The van der Waals surface area contributed by atoms with Gasteiger partial charge in [0.1, 0.15) is 18.5 Å². The van der Waals surface area contributed by atoms with Crippen molar-refractivity contribution >= 4 is 34.8 Å². The summed E-state index contributed by atoms with van der Waals surface area (Å²) < 4.78 is 12.1. The predicted octanol–water partition coefficient (Wildman–Crippen LogP) is 1.66. The van der Waals surface area contributed by atoms with E-state index in [0.29, 0.717) is 45.1 Å². The van der Waals surface area contributed by atoms with Crippen molar-refractivity contribution in [3.63, 3.8) is 0 Å². The third kappa shape index (κ3) is 7.16. The molecule has 3 atom stereocenters. The number of hydrogen-bond acceptors (Lipinski definition) is 7. The van der Waals surface area contributed by atoms with Gasteiger partial charge in [-0.3, -0.25) is 9.59 Å². The van der Waals surface area contributed by atoms with Crippen LogP contribution in [0.2, 0.25) is 0 Å². The van der Waals surface area contributed by atoms with E-state index in [1.54, 1.807) is 18.2 Å². The molecule has 1 amide bonds. The highest BCUT2D eigenvalue weighted by atomic mass is 127. The highest BCUT2D eigenvalue weighted by Crippen LogP contribution is 2.36. The summed E-state index contributed by atoms with van der Waals surface area (Å²) >= 11 is 2.04. The normalized spacial score (nSPS) is 20.9. The fourth-order valence-electron chi connectivity index (χ4n) is 3.32. The first kappa shape index (κ1) is 25.6. The van der Waals surface area contributed by atoms with E-state index in [9.17, 15) is 14.7 Å². The Morgan fingerprint density at radius 3 is 2.71 bits per heavy atom. The zero-order valence-corrected chi connectivity index (χ0v) is 20.2. The minimum Gasteiger partial charge on any atom is -0.493 e. The Bertz CT molecular complexity index is 798. The molecule has 3 unspecified atom stereocenters. The number of aliphatic hydroxyl groups is 2. The van der Waals surface area contributed by atoms with Crippen LogP contribution in [-0.2, 0) is 4.79 Å². The molecule has 0 heterocycles. The molecule has 1 aromatic rings. The number of aldehydes is 1. The third-order valence-electron chi connectivity index (χ3n) is 5.01. The molecule has 0 fully saturated rings. The molecule has 2 rings (SSSR count). The Balaban J connectivity index is 2.31. The molecule has 1 aromatic carbocycles. The molecular formula is C22H31IN2O6. The smallest absolute Gasteiger partial charge is 0.247 e. The van der Waals surface area contributed by atoms with Crippen molar-refractivity contribution in [1.82, 2.24) is 10.6 Å². The maximum absolute atomic E-state index is 12.5. The summed E-state index contributed by atoms with van der Waals surface area (Å²) in [6.07, 6.45) is 1.92. The van der Waals surface area contributed by atoms with E-state index in [-0.39, 0.29) is 25.1 Å². The highest BCUT2D eigenvalue weighted by Gasteiger charge is 2.36. The SMILES string of the molecule is COc1cc(C=O)cc(I)c1OC1C=C(C(=O)NCCO)CC(NCCC(C)C)C1O. The van der Waals surface area contributed by atoms with Gasteiger partial charge in [-0.15, -0.1) is 0 Å². The van der Waals surface area contributed by atoms with Gasteiger partial charge in [0.25, 0.3) is 0 Å². The van der Waals surface area contributed by atoms with Crippen molar-refractivity contribution in [3.8, 4) is 11.5 Å². The first-order chi connectivity index (χ1) is 14.8. The molecule has 0 aromatic heterocycles. The molecule has 31 heavy (non-hydrogen) atoms. The van der Waals surface area contributed by atoms with Crippen molar-refractivity contribution in [3.05, 3.63) is 32.9 Å². The molecule has 0 spiro atoms. The summed E-state index contributed by atoms with van der Waals surface area (Å²) in [5.41, 5.74) is 0.926. The van der Waals surface area contributed by atoms with Gasteiger partial charge in [0.05, 0.1) is 17.3 Å². The molecular weight excluding hydrogens is 515 g/mol. The zero-order valence-electron chi connectivity index (χ0n) is 18.1. The second kappa shape index (κ2) is 12.4. The lowest BCUT2D eigenvalue weighted by atomic mass is 9.89. The molecule has 0 saturated carbocycles. The van der Waals surface area contributed by atoms with Crippen molar-refractivity contribution in [2.75, 3.05) is 26.8 Å². The second-order valence-corrected chi connectivity index (χ2v) is 9.01. The predicted molar refractivity (Wildman–Crippen MR) is 126 cm³/mol. The molecule has 0 saturated heterocycles. The Hall–Kier alpha value is -1.69. The minimum absolute atomic E-state index is 0.147. The Labute approximate surface area is 196 Å².